The highest BCUT2D eigenvalue weighted by molar-refractivity contribution is 7.99. The quantitative estimate of drug-likeness (QED) is 0.887. The standard InChI is InChI=1S/C9H12N2O3S2/c1-5-7(9(13)14)8(16-10-5)11(2)6(12)4-15-3/h4H2,1-3H3,(H,13,14). The summed E-state index contributed by atoms with van der Waals surface area (Å²) in [7, 11) is 1.57. The minimum atomic E-state index is -1.05. The zero-order valence-corrected chi connectivity index (χ0v) is 10.8. The van der Waals surface area contributed by atoms with Gasteiger partial charge in [0.15, 0.2) is 0 Å². The van der Waals surface area contributed by atoms with E-state index >= 15 is 0 Å². The number of carboxylic acids is 1. The van der Waals surface area contributed by atoms with Crippen molar-refractivity contribution in [2.75, 3.05) is 24.0 Å². The molecular weight excluding hydrogens is 248 g/mol. The van der Waals surface area contributed by atoms with E-state index < -0.39 is 5.97 Å². The van der Waals surface area contributed by atoms with Gasteiger partial charge in [-0.15, -0.1) is 0 Å². The predicted octanol–water partition coefficient (Wildman–Crippen LogP) is 1.48. The maximum absolute atomic E-state index is 11.6. The van der Waals surface area contributed by atoms with Gasteiger partial charge in [-0.1, -0.05) is 0 Å². The Morgan fingerprint density at radius 3 is 2.69 bits per heavy atom. The first-order valence-corrected chi connectivity index (χ1v) is 6.60. The lowest BCUT2D eigenvalue weighted by atomic mass is 10.2. The van der Waals surface area contributed by atoms with Crippen molar-refractivity contribution in [2.45, 2.75) is 6.92 Å². The zero-order chi connectivity index (χ0) is 12.3. The van der Waals surface area contributed by atoms with E-state index in [4.69, 9.17) is 5.11 Å². The van der Waals surface area contributed by atoms with Crippen LogP contribution in [0.3, 0.4) is 0 Å². The minimum absolute atomic E-state index is 0.113. The molecular formula is C9H12N2O3S2. The van der Waals surface area contributed by atoms with E-state index in [0.29, 0.717) is 16.4 Å². The molecule has 0 saturated heterocycles. The van der Waals surface area contributed by atoms with E-state index in [-0.39, 0.29) is 11.5 Å². The Labute approximate surface area is 102 Å². The van der Waals surface area contributed by atoms with E-state index in [1.165, 1.54) is 16.7 Å². The van der Waals surface area contributed by atoms with Crippen LogP contribution in [0.1, 0.15) is 16.1 Å². The summed E-state index contributed by atoms with van der Waals surface area (Å²) in [6, 6.07) is 0. The second-order valence-corrected chi connectivity index (χ2v) is 4.76. The number of amides is 1. The number of carboxylic acid groups (broad SMARTS) is 1. The summed E-state index contributed by atoms with van der Waals surface area (Å²) < 4.78 is 3.96. The van der Waals surface area contributed by atoms with Crippen LogP contribution in [0.5, 0.6) is 0 Å². The summed E-state index contributed by atoms with van der Waals surface area (Å²) in [6.45, 7) is 1.62. The zero-order valence-electron chi connectivity index (χ0n) is 9.18. The lowest BCUT2D eigenvalue weighted by molar-refractivity contribution is -0.115. The Bertz CT molecular complexity index is 417. The average molecular weight is 260 g/mol. The maximum atomic E-state index is 11.6. The van der Waals surface area contributed by atoms with Gasteiger partial charge in [-0.3, -0.25) is 4.79 Å². The highest BCUT2D eigenvalue weighted by Crippen LogP contribution is 2.28. The fourth-order valence-electron chi connectivity index (χ4n) is 1.17. The number of carbonyl (C=O) groups is 2. The Morgan fingerprint density at radius 1 is 1.56 bits per heavy atom. The number of carbonyl (C=O) groups excluding carboxylic acids is 1. The minimum Gasteiger partial charge on any atom is -0.478 e. The Morgan fingerprint density at radius 2 is 2.19 bits per heavy atom. The van der Waals surface area contributed by atoms with Crippen molar-refractivity contribution in [3.63, 3.8) is 0 Å². The molecule has 0 aliphatic heterocycles. The van der Waals surface area contributed by atoms with Crippen LogP contribution in [0, 0.1) is 6.92 Å². The van der Waals surface area contributed by atoms with Crippen LogP contribution in [0.15, 0.2) is 0 Å². The molecule has 5 nitrogen and oxygen atoms in total. The first kappa shape index (κ1) is 13.0. The van der Waals surface area contributed by atoms with Gasteiger partial charge in [0.05, 0.1) is 11.4 Å². The lowest BCUT2D eigenvalue weighted by Gasteiger charge is -2.14. The molecule has 1 amide bonds. The molecule has 0 spiro atoms. The SMILES string of the molecule is CSCC(=O)N(C)c1snc(C)c1C(=O)O. The molecule has 1 N–H and O–H groups in total. The first-order chi connectivity index (χ1) is 7.49. The number of rotatable bonds is 4. The van der Waals surface area contributed by atoms with Gasteiger partial charge in [0, 0.05) is 7.05 Å². The molecule has 16 heavy (non-hydrogen) atoms. The Balaban J connectivity index is 3.04. The van der Waals surface area contributed by atoms with Crippen LogP contribution in [0.4, 0.5) is 5.00 Å². The van der Waals surface area contributed by atoms with E-state index in [1.54, 1.807) is 14.0 Å². The highest BCUT2D eigenvalue weighted by Gasteiger charge is 2.23. The monoisotopic (exact) mass is 260 g/mol. The lowest BCUT2D eigenvalue weighted by Crippen LogP contribution is -2.28. The first-order valence-electron chi connectivity index (χ1n) is 4.44. The number of hydrogen-bond acceptors (Lipinski definition) is 5. The molecule has 0 aromatic carbocycles. The fraction of sp³-hybridized carbons (Fsp3) is 0.444. The molecule has 0 aliphatic rings. The van der Waals surface area contributed by atoms with Gasteiger partial charge in [0.1, 0.15) is 10.6 Å². The van der Waals surface area contributed by atoms with Crippen molar-refractivity contribution < 1.29 is 14.7 Å². The molecule has 88 valence electrons. The number of aryl methyl sites for hydroxylation is 1. The van der Waals surface area contributed by atoms with E-state index in [1.807, 2.05) is 6.26 Å². The van der Waals surface area contributed by atoms with Crippen molar-refractivity contribution in [3.05, 3.63) is 11.3 Å². The molecule has 0 radical (unpaired) electrons. The number of anilines is 1. The summed E-state index contributed by atoms with van der Waals surface area (Å²) in [5.74, 6) is -0.851. The maximum Gasteiger partial charge on any atom is 0.340 e. The van der Waals surface area contributed by atoms with Gasteiger partial charge in [0.2, 0.25) is 5.91 Å². The third-order valence-electron chi connectivity index (χ3n) is 2.01. The molecule has 0 unspecified atom stereocenters. The smallest absolute Gasteiger partial charge is 0.340 e. The predicted molar refractivity (Wildman–Crippen MR) is 65.6 cm³/mol. The van der Waals surface area contributed by atoms with Gasteiger partial charge < -0.3 is 10.0 Å². The van der Waals surface area contributed by atoms with Crippen LogP contribution in [-0.4, -0.2) is 40.4 Å². The second-order valence-electron chi connectivity index (χ2n) is 3.14. The normalized spacial score (nSPS) is 10.2. The Kier molecular flexibility index (Phi) is 4.31. The molecule has 7 heteroatoms. The number of aromatic nitrogens is 1. The molecule has 1 aromatic heterocycles. The van der Waals surface area contributed by atoms with Crippen molar-refractivity contribution >= 4 is 40.2 Å². The molecule has 0 atom stereocenters. The Hall–Kier alpha value is -1.08. The molecule has 0 fully saturated rings. The van der Waals surface area contributed by atoms with Crippen LogP contribution in [0.25, 0.3) is 0 Å². The van der Waals surface area contributed by atoms with Crippen LogP contribution in [-0.2, 0) is 4.79 Å². The van der Waals surface area contributed by atoms with Gasteiger partial charge in [-0.25, -0.2) is 4.79 Å². The number of nitrogens with zero attached hydrogens (tertiary/aromatic N) is 2. The second kappa shape index (κ2) is 5.31. The largest absolute Gasteiger partial charge is 0.478 e. The molecule has 0 bridgehead atoms. The highest BCUT2D eigenvalue weighted by atomic mass is 32.2. The van der Waals surface area contributed by atoms with Crippen molar-refractivity contribution in [1.29, 1.82) is 0 Å². The van der Waals surface area contributed by atoms with Crippen LogP contribution in [0.2, 0.25) is 0 Å². The van der Waals surface area contributed by atoms with Crippen LogP contribution < -0.4 is 4.90 Å². The summed E-state index contributed by atoms with van der Waals surface area (Å²) in [6.07, 6.45) is 1.82. The average Bonchev–Trinajstić information content (AvgIpc) is 2.59. The van der Waals surface area contributed by atoms with Crippen molar-refractivity contribution in [2.24, 2.45) is 0 Å². The van der Waals surface area contributed by atoms with Crippen molar-refractivity contribution in [3.8, 4) is 0 Å². The molecule has 0 aliphatic carbocycles. The van der Waals surface area contributed by atoms with Crippen molar-refractivity contribution in [1.82, 2.24) is 4.37 Å². The van der Waals surface area contributed by atoms with Gasteiger partial charge >= 0.3 is 5.97 Å². The molecule has 1 aromatic rings. The molecule has 1 rings (SSSR count). The van der Waals surface area contributed by atoms with E-state index in [0.717, 1.165) is 11.5 Å². The molecule has 0 saturated carbocycles. The number of thioether (sulfide) groups is 1. The summed E-state index contributed by atoms with van der Waals surface area (Å²) in [5, 5.41) is 9.41. The molecule has 1 heterocycles. The van der Waals surface area contributed by atoms with Gasteiger partial charge in [-0.2, -0.15) is 16.1 Å². The summed E-state index contributed by atoms with van der Waals surface area (Å²) in [5.41, 5.74) is 0.554. The third-order valence-corrected chi connectivity index (χ3v) is 3.56. The third kappa shape index (κ3) is 2.53. The number of aromatic carboxylic acids is 1. The van der Waals surface area contributed by atoms with Gasteiger partial charge in [-0.05, 0) is 24.7 Å². The van der Waals surface area contributed by atoms with E-state index in [9.17, 15) is 9.59 Å². The number of hydrogen-bond donors (Lipinski definition) is 1. The van der Waals surface area contributed by atoms with Gasteiger partial charge in [0.25, 0.3) is 0 Å². The fourth-order valence-corrected chi connectivity index (χ4v) is 2.47. The topological polar surface area (TPSA) is 70.5 Å². The van der Waals surface area contributed by atoms with Crippen LogP contribution >= 0.6 is 23.3 Å². The van der Waals surface area contributed by atoms with E-state index in [2.05, 4.69) is 4.37 Å². The summed E-state index contributed by atoms with van der Waals surface area (Å²) >= 11 is 2.43. The summed E-state index contributed by atoms with van der Waals surface area (Å²) in [4.78, 5) is 24.0.